The molecule has 5 rings (SSSR count). The Labute approximate surface area is 233 Å². The quantitative estimate of drug-likeness (QED) is 0.154. The van der Waals surface area contributed by atoms with E-state index >= 15 is 0 Å². The molecule has 176 valence electrons. The summed E-state index contributed by atoms with van der Waals surface area (Å²) in [4.78, 5) is 0. The van der Waals surface area contributed by atoms with Gasteiger partial charge in [0.15, 0.2) is 0 Å². The summed E-state index contributed by atoms with van der Waals surface area (Å²) in [6.07, 6.45) is 3.36. The van der Waals surface area contributed by atoms with E-state index in [1.807, 2.05) is 0 Å². The predicted molar refractivity (Wildman–Crippen MR) is 154 cm³/mol. The topological polar surface area (TPSA) is 0 Å². The van der Waals surface area contributed by atoms with Crippen molar-refractivity contribution in [1.82, 2.24) is 0 Å². The van der Waals surface area contributed by atoms with Gasteiger partial charge in [0.25, 0.3) is 0 Å². The molecule has 1 aliphatic carbocycles. The van der Waals surface area contributed by atoms with E-state index in [9.17, 15) is 0 Å². The summed E-state index contributed by atoms with van der Waals surface area (Å²) in [5.74, 6) is 0.560. The molecule has 0 amide bonds. The summed E-state index contributed by atoms with van der Waals surface area (Å²) in [7, 11) is 0. The Bertz CT molecular complexity index is 1310. The molecule has 0 radical (unpaired) electrons. The van der Waals surface area contributed by atoms with Crippen molar-refractivity contribution in [3.8, 4) is 11.1 Å². The van der Waals surface area contributed by atoms with Crippen molar-refractivity contribution >= 4 is 51.8 Å². The van der Waals surface area contributed by atoms with E-state index in [2.05, 4.69) is 126 Å². The van der Waals surface area contributed by atoms with Crippen LogP contribution in [-0.2, 0) is 23.3 Å². The fourth-order valence-corrected chi connectivity index (χ4v) is 3.92. The van der Waals surface area contributed by atoms with Gasteiger partial charge in [0.2, 0.25) is 0 Å². The van der Waals surface area contributed by atoms with Gasteiger partial charge in [-0.1, -0.05) is 80.8 Å². The van der Waals surface area contributed by atoms with Crippen LogP contribution in [0.1, 0.15) is 27.7 Å². The summed E-state index contributed by atoms with van der Waals surface area (Å²) in [6.45, 7) is 13.3. The molecule has 0 nitrogen and oxygen atoms in total. The molecule has 0 aliphatic heterocycles. The molecule has 1 atom stereocenters. The van der Waals surface area contributed by atoms with Crippen LogP contribution in [0.4, 0.5) is 0 Å². The van der Waals surface area contributed by atoms with Gasteiger partial charge in [0.05, 0.1) is 0 Å². The first kappa shape index (κ1) is 30.7. The molecule has 0 heterocycles. The number of hydrogen-bond donors (Lipinski definition) is 0. The van der Waals surface area contributed by atoms with E-state index in [0.29, 0.717) is 5.92 Å². The van der Waals surface area contributed by atoms with Gasteiger partial charge >= 0.3 is 41.9 Å². The summed E-state index contributed by atoms with van der Waals surface area (Å²) >= 11 is 1.74. The molecule has 0 saturated carbocycles. The standard InChI is InChI=1S/C19H13.C9H13.C2H6Si.2ClH.Zr/c1-2-7-16-13-17(10-9-14(16)5-1)19-12-11-15-6-3-4-8-18(15)19;1-6-5-7(2)9(4)8(6)3;1-3-2;;;/h1-13H;6H,1-4H3;1-2H3;2*1H;/q2*-1;;;;+2. The average Bonchev–Trinajstić information content (AvgIpc) is 3.30. The molecule has 4 aromatic carbocycles. The zero-order valence-corrected chi connectivity index (χ0v) is 26.0. The molecular weight excluding hydrogens is 551 g/mol. The number of rotatable bonds is 1. The molecule has 0 saturated heterocycles. The van der Waals surface area contributed by atoms with Gasteiger partial charge in [-0.15, -0.1) is 78.4 Å². The molecule has 4 aromatic rings. The Kier molecular flexibility index (Phi) is 12.9. The van der Waals surface area contributed by atoms with Crippen LogP contribution in [0.2, 0.25) is 13.1 Å². The molecule has 0 bridgehead atoms. The maximum absolute atomic E-state index is 3.36. The van der Waals surface area contributed by atoms with Crippen molar-refractivity contribution in [1.29, 1.82) is 0 Å². The van der Waals surface area contributed by atoms with Crippen LogP contribution in [0.3, 0.4) is 0 Å². The number of benzene rings is 3. The minimum Gasteiger partial charge on any atom is -0.150 e. The number of halogens is 2. The smallest absolute Gasteiger partial charge is 0.0184 e. The van der Waals surface area contributed by atoms with Crippen molar-refractivity contribution in [3.63, 3.8) is 0 Å². The Balaban J connectivity index is 0.000000328. The van der Waals surface area contributed by atoms with Crippen molar-refractivity contribution in [3.05, 3.63) is 102 Å². The molecule has 4 heteroatoms. The van der Waals surface area contributed by atoms with E-state index in [1.54, 1.807) is 23.3 Å². The van der Waals surface area contributed by atoms with E-state index in [1.165, 1.54) is 49.4 Å². The second kappa shape index (κ2) is 14.3. The van der Waals surface area contributed by atoms with Gasteiger partial charge in [-0.2, -0.15) is 11.1 Å². The van der Waals surface area contributed by atoms with Gasteiger partial charge in [0.1, 0.15) is 0 Å². The first-order valence-electron chi connectivity index (χ1n) is 11.2. The van der Waals surface area contributed by atoms with Gasteiger partial charge < -0.3 is 0 Å². The summed E-state index contributed by atoms with van der Waals surface area (Å²) in [5.41, 5.74) is 7.07. The minimum atomic E-state index is 0. The average molecular weight is 585 g/mol. The van der Waals surface area contributed by atoms with Crippen molar-refractivity contribution in [2.24, 2.45) is 5.92 Å². The maximum atomic E-state index is 3.36. The van der Waals surface area contributed by atoms with E-state index in [0.717, 1.165) is 0 Å². The maximum Gasteiger partial charge on any atom is -0.0184 e. The predicted octanol–water partition coefficient (Wildman–Crippen LogP) is 9.73. The number of fused-ring (bicyclic) bond motifs is 2. The molecule has 0 aromatic heterocycles. The van der Waals surface area contributed by atoms with Crippen LogP contribution in [0, 0.1) is 12.0 Å². The third kappa shape index (κ3) is 7.85. The van der Waals surface area contributed by atoms with E-state index in [-0.39, 0.29) is 30.2 Å². The third-order valence-electron chi connectivity index (χ3n) is 5.98. The fourth-order valence-electron chi connectivity index (χ4n) is 3.92. The first-order valence-corrected chi connectivity index (χ1v) is 17.4. The molecule has 0 fully saturated rings. The Morgan fingerprint density at radius 3 is 2.00 bits per heavy atom. The van der Waals surface area contributed by atoms with Crippen LogP contribution < -0.4 is 0 Å². The normalized spacial score (nSPS) is 14.2. The van der Waals surface area contributed by atoms with Gasteiger partial charge in [-0.25, -0.2) is 5.57 Å². The number of hydrogen-bond acceptors (Lipinski definition) is 0. The van der Waals surface area contributed by atoms with Crippen LogP contribution in [0.25, 0.3) is 32.7 Å². The van der Waals surface area contributed by atoms with Crippen LogP contribution in [0.15, 0.2) is 95.6 Å². The first-order chi connectivity index (χ1) is 15.3. The zero-order chi connectivity index (χ0) is 23.3. The minimum absolute atomic E-state index is 0. The molecule has 1 aliphatic rings. The Hall–Kier alpha value is -1.31. The van der Waals surface area contributed by atoms with Crippen LogP contribution >= 0.6 is 24.8 Å². The molecule has 1 unspecified atom stereocenters. The van der Waals surface area contributed by atoms with Gasteiger partial charge in [-0.05, 0) is 10.8 Å². The Morgan fingerprint density at radius 1 is 0.853 bits per heavy atom. The second-order valence-corrected chi connectivity index (χ2v) is 18.1. The van der Waals surface area contributed by atoms with Gasteiger partial charge in [-0.3, -0.25) is 6.08 Å². The van der Waals surface area contributed by atoms with Crippen molar-refractivity contribution < 1.29 is 23.3 Å². The third-order valence-corrected chi connectivity index (χ3v) is 5.98. The number of allylic oxidation sites excluding steroid dienone is 4. The van der Waals surface area contributed by atoms with E-state index < -0.39 is 0 Å². The van der Waals surface area contributed by atoms with E-state index in [4.69, 9.17) is 0 Å². The largest absolute Gasteiger partial charge is 0.150 e. The second-order valence-electron chi connectivity index (χ2n) is 8.70. The molecule has 0 N–H and O–H groups in total. The van der Waals surface area contributed by atoms with Crippen LogP contribution in [0.5, 0.6) is 0 Å². The summed E-state index contributed by atoms with van der Waals surface area (Å²) in [5, 5.41) is 5.23. The van der Waals surface area contributed by atoms with Gasteiger partial charge in [0, 0.05) is 0 Å². The fraction of sp³-hybridized carbons (Fsp3) is 0.233. The van der Waals surface area contributed by atoms with Crippen LogP contribution in [-0.4, -0.2) is 5.43 Å². The zero-order valence-electron chi connectivity index (χ0n) is 20.9. The molecule has 0 spiro atoms. The summed E-state index contributed by atoms with van der Waals surface area (Å²) in [6, 6.07) is 28.2. The monoisotopic (exact) mass is 582 g/mol. The SMILES string of the molecule is CC1=[C-]C(C)C(C)=C1C.C[Si](C)=[Zr+2].Cl.Cl.c1ccc2cc(-c3c[cH-]c4ccccc34)ccc2c1. The molecular formula is C30H34Cl2SiZr. The van der Waals surface area contributed by atoms with Crippen molar-refractivity contribution in [2.45, 2.75) is 40.8 Å². The molecule has 34 heavy (non-hydrogen) atoms. The van der Waals surface area contributed by atoms with Crippen molar-refractivity contribution in [2.75, 3.05) is 0 Å². The summed E-state index contributed by atoms with van der Waals surface area (Å²) < 4.78 is 0. The Morgan fingerprint density at radius 2 is 1.44 bits per heavy atom.